The van der Waals surface area contributed by atoms with Crippen LogP contribution in [0.25, 0.3) is 0 Å². The van der Waals surface area contributed by atoms with Crippen LogP contribution in [0, 0.1) is 5.92 Å². The number of amides is 1. The van der Waals surface area contributed by atoms with Gasteiger partial charge in [-0.2, -0.15) is 0 Å². The summed E-state index contributed by atoms with van der Waals surface area (Å²) in [5.41, 5.74) is 0. The third kappa shape index (κ3) is 3.71. The summed E-state index contributed by atoms with van der Waals surface area (Å²) in [5, 5.41) is 3.36. The highest BCUT2D eigenvalue weighted by Gasteiger charge is 2.26. The molecule has 0 aromatic carbocycles. The molecular weight excluding hydrogens is 224 g/mol. The van der Waals surface area contributed by atoms with Gasteiger partial charge in [0, 0.05) is 25.6 Å². The van der Waals surface area contributed by atoms with Gasteiger partial charge in [-0.3, -0.25) is 4.79 Å². The second-order valence-corrected chi connectivity index (χ2v) is 5.89. The molecule has 1 heterocycles. The fourth-order valence-corrected chi connectivity index (χ4v) is 3.48. The van der Waals surface area contributed by atoms with E-state index in [2.05, 4.69) is 17.1 Å². The number of nitrogens with zero attached hydrogens (tertiary/aromatic N) is 1. The first-order valence-electron chi connectivity index (χ1n) is 7.81. The molecule has 1 N–H and O–H groups in total. The van der Waals surface area contributed by atoms with E-state index in [0.717, 1.165) is 32.5 Å². The molecule has 2 aliphatic rings. The van der Waals surface area contributed by atoms with Crippen molar-refractivity contribution in [2.24, 2.45) is 5.92 Å². The zero-order valence-corrected chi connectivity index (χ0v) is 11.8. The molecule has 3 nitrogen and oxygen atoms in total. The van der Waals surface area contributed by atoms with Crippen molar-refractivity contribution in [2.75, 3.05) is 19.6 Å². The van der Waals surface area contributed by atoms with Crippen molar-refractivity contribution in [3.63, 3.8) is 0 Å². The first kappa shape index (κ1) is 13.9. The SMILES string of the molecule is CCN(C(=O)CC1CCCCCC1)C1CCNC1. The van der Waals surface area contributed by atoms with Crippen molar-refractivity contribution in [1.29, 1.82) is 0 Å². The molecule has 1 saturated carbocycles. The number of hydrogen-bond acceptors (Lipinski definition) is 2. The van der Waals surface area contributed by atoms with Crippen LogP contribution in [-0.2, 0) is 4.79 Å². The van der Waals surface area contributed by atoms with Gasteiger partial charge >= 0.3 is 0 Å². The molecule has 2 fully saturated rings. The predicted octanol–water partition coefficient (Wildman–Crippen LogP) is 2.56. The first-order valence-corrected chi connectivity index (χ1v) is 7.81. The lowest BCUT2D eigenvalue weighted by Gasteiger charge is -2.29. The minimum absolute atomic E-state index is 0.401. The van der Waals surface area contributed by atoms with E-state index in [1.165, 1.54) is 38.5 Å². The van der Waals surface area contributed by atoms with Crippen LogP contribution in [0.2, 0.25) is 0 Å². The van der Waals surface area contributed by atoms with E-state index in [-0.39, 0.29) is 0 Å². The van der Waals surface area contributed by atoms with Crippen molar-refractivity contribution in [3.05, 3.63) is 0 Å². The Hall–Kier alpha value is -0.570. The van der Waals surface area contributed by atoms with Gasteiger partial charge in [0.2, 0.25) is 5.91 Å². The van der Waals surface area contributed by atoms with Crippen LogP contribution >= 0.6 is 0 Å². The van der Waals surface area contributed by atoms with Gasteiger partial charge in [0.05, 0.1) is 0 Å². The molecule has 0 aromatic heterocycles. The second-order valence-electron chi connectivity index (χ2n) is 5.89. The molecule has 0 bridgehead atoms. The number of hydrogen-bond donors (Lipinski definition) is 1. The van der Waals surface area contributed by atoms with E-state index in [1.54, 1.807) is 0 Å². The average molecular weight is 252 g/mol. The maximum absolute atomic E-state index is 12.4. The monoisotopic (exact) mass is 252 g/mol. The lowest BCUT2D eigenvalue weighted by Crippen LogP contribution is -2.42. The molecule has 2 rings (SSSR count). The Morgan fingerprint density at radius 3 is 2.44 bits per heavy atom. The summed E-state index contributed by atoms with van der Waals surface area (Å²) < 4.78 is 0. The smallest absolute Gasteiger partial charge is 0.223 e. The Balaban J connectivity index is 1.84. The van der Waals surface area contributed by atoms with E-state index in [9.17, 15) is 4.79 Å². The molecule has 104 valence electrons. The lowest BCUT2D eigenvalue weighted by atomic mass is 9.95. The van der Waals surface area contributed by atoms with Gasteiger partial charge in [0.15, 0.2) is 0 Å². The number of carbonyl (C=O) groups excluding carboxylic acids is 1. The summed E-state index contributed by atoms with van der Waals surface area (Å²) in [6.45, 7) is 5.04. The fourth-order valence-electron chi connectivity index (χ4n) is 3.48. The molecule has 1 unspecified atom stereocenters. The van der Waals surface area contributed by atoms with Crippen LogP contribution < -0.4 is 5.32 Å². The Morgan fingerprint density at radius 1 is 1.17 bits per heavy atom. The Kier molecular flexibility index (Phi) is 5.48. The Bertz CT molecular complexity index is 253. The van der Waals surface area contributed by atoms with Gasteiger partial charge in [-0.05, 0) is 38.6 Å². The molecule has 1 aliphatic heterocycles. The third-order valence-electron chi connectivity index (χ3n) is 4.57. The zero-order chi connectivity index (χ0) is 12.8. The zero-order valence-electron chi connectivity index (χ0n) is 11.8. The third-order valence-corrected chi connectivity index (χ3v) is 4.57. The van der Waals surface area contributed by atoms with Crippen molar-refractivity contribution >= 4 is 5.91 Å². The van der Waals surface area contributed by atoms with Crippen LogP contribution in [-0.4, -0.2) is 36.5 Å². The predicted molar refractivity (Wildman–Crippen MR) is 74.5 cm³/mol. The molecular formula is C15H28N2O. The minimum Gasteiger partial charge on any atom is -0.339 e. The van der Waals surface area contributed by atoms with Crippen molar-refractivity contribution < 1.29 is 4.79 Å². The minimum atomic E-state index is 0.401. The summed E-state index contributed by atoms with van der Waals surface area (Å²) >= 11 is 0. The van der Waals surface area contributed by atoms with Crippen LogP contribution in [0.5, 0.6) is 0 Å². The standard InChI is InChI=1S/C15H28N2O/c1-2-17(14-9-10-16-12-14)15(18)11-13-7-5-3-4-6-8-13/h13-14,16H,2-12H2,1H3. The summed E-state index contributed by atoms with van der Waals surface area (Å²) in [7, 11) is 0. The molecule has 1 aliphatic carbocycles. The molecule has 0 radical (unpaired) electrons. The molecule has 0 aromatic rings. The van der Waals surface area contributed by atoms with Crippen LogP contribution in [0.1, 0.15) is 58.3 Å². The van der Waals surface area contributed by atoms with E-state index >= 15 is 0 Å². The van der Waals surface area contributed by atoms with Crippen molar-refractivity contribution in [1.82, 2.24) is 10.2 Å². The number of nitrogens with one attached hydrogen (secondary N) is 1. The summed E-state index contributed by atoms with van der Waals surface area (Å²) in [5.74, 6) is 1.06. The summed E-state index contributed by atoms with van der Waals surface area (Å²) in [6.07, 6.45) is 9.86. The van der Waals surface area contributed by atoms with Crippen LogP contribution in [0.4, 0.5) is 0 Å². The van der Waals surface area contributed by atoms with Gasteiger partial charge in [-0.15, -0.1) is 0 Å². The van der Waals surface area contributed by atoms with Gasteiger partial charge in [-0.1, -0.05) is 25.7 Å². The number of likely N-dealkylation sites (N-methyl/N-ethyl adjacent to an activating group) is 1. The highest BCUT2D eigenvalue weighted by molar-refractivity contribution is 5.76. The largest absolute Gasteiger partial charge is 0.339 e. The van der Waals surface area contributed by atoms with Crippen molar-refractivity contribution in [3.8, 4) is 0 Å². The maximum Gasteiger partial charge on any atom is 0.223 e. The summed E-state index contributed by atoms with van der Waals surface area (Å²) in [6, 6.07) is 0.452. The van der Waals surface area contributed by atoms with E-state index < -0.39 is 0 Å². The average Bonchev–Trinajstić information content (AvgIpc) is 2.76. The van der Waals surface area contributed by atoms with Crippen LogP contribution in [0.3, 0.4) is 0 Å². The highest BCUT2D eigenvalue weighted by Crippen LogP contribution is 2.26. The fraction of sp³-hybridized carbons (Fsp3) is 0.933. The topological polar surface area (TPSA) is 32.3 Å². The molecule has 18 heavy (non-hydrogen) atoms. The molecule has 3 heteroatoms. The molecule has 0 spiro atoms. The maximum atomic E-state index is 12.4. The summed E-state index contributed by atoms with van der Waals surface area (Å²) in [4.78, 5) is 14.6. The molecule has 1 saturated heterocycles. The Morgan fingerprint density at radius 2 is 1.89 bits per heavy atom. The quantitative estimate of drug-likeness (QED) is 0.780. The van der Waals surface area contributed by atoms with Crippen molar-refractivity contribution in [2.45, 2.75) is 64.3 Å². The highest BCUT2D eigenvalue weighted by atomic mass is 16.2. The van der Waals surface area contributed by atoms with Gasteiger partial charge in [-0.25, -0.2) is 0 Å². The van der Waals surface area contributed by atoms with Gasteiger partial charge in [0.25, 0.3) is 0 Å². The van der Waals surface area contributed by atoms with Gasteiger partial charge in [0.1, 0.15) is 0 Å². The number of rotatable bonds is 4. The second kappa shape index (κ2) is 7.13. The van der Waals surface area contributed by atoms with Crippen LogP contribution in [0.15, 0.2) is 0 Å². The molecule has 1 atom stereocenters. The Labute approximate surface area is 111 Å². The number of carbonyl (C=O) groups is 1. The first-order chi connectivity index (χ1) is 8.81. The van der Waals surface area contributed by atoms with E-state index in [0.29, 0.717) is 17.9 Å². The molecule has 1 amide bonds. The van der Waals surface area contributed by atoms with E-state index in [1.807, 2.05) is 0 Å². The van der Waals surface area contributed by atoms with E-state index in [4.69, 9.17) is 0 Å². The van der Waals surface area contributed by atoms with Gasteiger partial charge < -0.3 is 10.2 Å². The lowest BCUT2D eigenvalue weighted by molar-refractivity contribution is -0.134. The normalized spacial score (nSPS) is 25.9.